The van der Waals surface area contributed by atoms with E-state index in [-0.39, 0.29) is 24.5 Å². The highest BCUT2D eigenvalue weighted by Gasteiger charge is 2.37. The molecule has 188 valence electrons. The van der Waals surface area contributed by atoms with Crippen molar-refractivity contribution in [2.75, 3.05) is 20.3 Å². The minimum Gasteiger partial charge on any atom is -0.489 e. The summed E-state index contributed by atoms with van der Waals surface area (Å²) in [6.07, 6.45) is 5.48. The second kappa shape index (κ2) is 10.3. The van der Waals surface area contributed by atoms with Gasteiger partial charge in [0.05, 0.1) is 35.8 Å². The summed E-state index contributed by atoms with van der Waals surface area (Å²) >= 11 is 0. The monoisotopic (exact) mass is 502 g/mol. The highest BCUT2D eigenvalue weighted by molar-refractivity contribution is 7.91. The van der Waals surface area contributed by atoms with Crippen LogP contribution in [0.4, 0.5) is 0 Å². The Bertz CT molecular complexity index is 1260. The fourth-order valence-electron chi connectivity index (χ4n) is 3.97. The van der Waals surface area contributed by atoms with E-state index < -0.39 is 21.2 Å². The molecule has 11 nitrogen and oxygen atoms in total. The number of fused-ring (bicyclic) bond motifs is 3. The smallest absolute Gasteiger partial charge is 0.168 e. The summed E-state index contributed by atoms with van der Waals surface area (Å²) < 4.78 is 46.4. The van der Waals surface area contributed by atoms with Gasteiger partial charge in [-0.25, -0.2) is 18.4 Å². The normalized spacial score (nSPS) is 17.3. The van der Waals surface area contributed by atoms with Crippen LogP contribution in [0, 0.1) is 6.92 Å². The molecule has 0 amide bonds. The van der Waals surface area contributed by atoms with Crippen molar-refractivity contribution in [1.29, 1.82) is 0 Å². The zero-order chi connectivity index (χ0) is 25.2. The molecule has 12 heteroatoms. The molecule has 0 radical (unpaired) electrons. The van der Waals surface area contributed by atoms with Gasteiger partial charge in [-0.15, -0.1) is 10.2 Å². The molecular weight excluding hydrogens is 472 g/mol. The van der Waals surface area contributed by atoms with E-state index >= 15 is 0 Å². The van der Waals surface area contributed by atoms with Crippen LogP contribution < -0.4 is 4.74 Å². The summed E-state index contributed by atoms with van der Waals surface area (Å²) in [5.74, 6) is 1.36. The van der Waals surface area contributed by atoms with Gasteiger partial charge in [-0.1, -0.05) is 0 Å². The average molecular weight is 503 g/mol. The van der Waals surface area contributed by atoms with E-state index in [0.717, 1.165) is 5.56 Å². The Labute approximate surface area is 204 Å². The Morgan fingerprint density at radius 3 is 2.60 bits per heavy atom. The zero-order valence-corrected chi connectivity index (χ0v) is 21.3. The Balaban J connectivity index is 1.70. The second-order valence-corrected chi connectivity index (χ2v) is 11.2. The van der Waals surface area contributed by atoms with E-state index in [1.807, 2.05) is 20.8 Å². The summed E-state index contributed by atoms with van der Waals surface area (Å²) in [6, 6.07) is 1.45. The number of nitrogens with zero attached hydrogens (tertiary/aromatic N) is 6. The second-order valence-electron chi connectivity index (χ2n) is 8.84. The summed E-state index contributed by atoms with van der Waals surface area (Å²) in [6.45, 7) is 7.73. The fourth-order valence-corrected chi connectivity index (χ4v) is 5.35. The lowest BCUT2D eigenvalue weighted by Crippen LogP contribution is -2.32. The summed E-state index contributed by atoms with van der Waals surface area (Å²) in [7, 11) is -2.19. The predicted molar refractivity (Wildman–Crippen MR) is 127 cm³/mol. The number of rotatable bonds is 9. The van der Waals surface area contributed by atoms with Gasteiger partial charge in [-0.05, 0) is 39.3 Å². The molecule has 35 heavy (non-hydrogen) atoms. The van der Waals surface area contributed by atoms with Gasteiger partial charge in [0.2, 0.25) is 0 Å². The van der Waals surface area contributed by atoms with Crippen molar-refractivity contribution in [2.45, 2.75) is 56.9 Å². The van der Waals surface area contributed by atoms with E-state index in [0.29, 0.717) is 35.4 Å². The van der Waals surface area contributed by atoms with Crippen LogP contribution in [0.3, 0.4) is 0 Å². The van der Waals surface area contributed by atoms with Gasteiger partial charge in [0.1, 0.15) is 30.0 Å². The van der Waals surface area contributed by atoms with Crippen molar-refractivity contribution in [1.82, 2.24) is 29.7 Å². The van der Waals surface area contributed by atoms with Gasteiger partial charge >= 0.3 is 0 Å². The van der Waals surface area contributed by atoms with Gasteiger partial charge in [0.15, 0.2) is 21.5 Å². The van der Waals surface area contributed by atoms with Crippen molar-refractivity contribution in [3.8, 4) is 17.1 Å². The average Bonchev–Trinajstić information content (AvgIpc) is 3.15. The first-order chi connectivity index (χ1) is 16.7. The van der Waals surface area contributed by atoms with Gasteiger partial charge in [-0.2, -0.15) is 0 Å². The molecule has 0 saturated carbocycles. The van der Waals surface area contributed by atoms with Crippen molar-refractivity contribution in [3.63, 3.8) is 0 Å². The van der Waals surface area contributed by atoms with Gasteiger partial charge in [-0.3, -0.25) is 4.98 Å². The minimum atomic E-state index is -3.77. The van der Waals surface area contributed by atoms with Crippen LogP contribution in [0.2, 0.25) is 0 Å². The number of methoxy groups -OCH3 is 1. The molecular formula is C23H30N6O5S. The number of aryl methyl sites for hydroxylation is 1. The van der Waals surface area contributed by atoms with Crippen LogP contribution >= 0.6 is 0 Å². The van der Waals surface area contributed by atoms with E-state index in [1.165, 1.54) is 0 Å². The number of hydrogen-bond acceptors (Lipinski definition) is 10. The first kappa shape index (κ1) is 25.1. The Morgan fingerprint density at radius 2 is 1.91 bits per heavy atom. The van der Waals surface area contributed by atoms with Crippen molar-refractivity contribution in [3.05, 3.63) is 48.1 Å². The first-order valence-corrected chi connectivity index (χ1v) is 13.1. The molecule has 3 aromatic heterocycles. The lowest BCUT2D eigenvalue weighted by molar-refractivity contribution is 0.00140. The quantitative estimate of drug-likeness (QED) is 0.430. The first-order valence-electron chi connectivity index (χ1n) is 11.4. The predicted octanol–water partition coefficient (Wildman–Crippen LogP) is 2.49. The van der Waals surface area contributed by atoms with Crippen LogP contribution in [0.15, 0.2) is 30.9 Å². The highest BCUT2D eigenvalue weighted by atomic mass is 32.2. The van der Waals surface area contributed by atoms with Crippen LogP contribution in [0.1, 0.15) is 50.1 Å². The highest BCUT2D eigenvalue weighted by Crippen LogP contribution is 2.35. The van der Waals surface area contributed by atoms with Crippen LogP contribution in [0.5, 0.6) is 5.75 Å². The zero-order valence-electron chi connectivity index (χ0n) is 20.5. The maximum atomic E-state index is 13.7. The Hall–Kier alpha value is -2.96. The topological polar surface area (TPSA) is 131 Å². The molecule has 4 rings (SSSR count). The van der Waals surface area contributed by atoms with Gasteiger partial charge in [0, 0.05) is 25.7 Å². The third-order valence-electron chi connectivity index (χ3n) is 5.74. The largest absolute Gasteiger partial charge is 0.489 e. The molecule has 0 aromatic carbocycles. The maximum Gasteiger partial charge on any atom is 0.168 e. The number of pyridine rings is 1. The molecule has 0 fully saturated rings. The van der Waals surface area contributed by atoms with Crippen molar-refractivity contribution in [2.24, 2.45) is 0 Å². The summed E-state index contributed by atoms with van der Waals surface area (Å²) in [5, 5.41) is 7.67. The van der Waals surface area contributed by atoms with Crippen LogP contribution in [-0.4, -0.2) is 69.8 Å². The van der Waals surface area contributed by atoms with Gasteiger partial charge < -0.3 is 18.8 Å². The molecule has 0 aliphatic carbocycles. The Kier molecular flexibility index (Phi) is 7.43. The Morgan fingerprint density at radius 1 is 1.17 bits per heavy atom. The lowest BCUT2D eigenvalue weighted by atomic mass is 10.2. The van der Waals surface area contributed by atoms with E-state index in [4.69, 9.17) is 14.2 Å². The molecule has 0 saturated heterocycles. The van der Waals surface area contributed by atoms with Gasteiger partial charge in [0.25, 0.3) is 0 Å². The minimum absolute atomic E-state index is 0.222. The third-order valence-corrected chi connectivity index (χ3v) is 7.79. The molecule has 0 bridgehead atoms. The lowest BCUT2D eigenvalue weighted by Gasteiger charge is -2.25. The fraction of sp³-hybridized carbons (Fsp3) is 0.522. The SMILES string of the molecule is COC[C@H]1COc2cnccc2-c2nnc(CS(=O)(=O)[C@@H](C)[C@@H](OC(C)C)c3ncc(C)cn3)n21. The van der Waals surface area contributed by atoms with Crippen molar-refractivity contribution >= 4 is 9.84 Å². The van der Waals surface area contributed by atoms with E-state index in [2.05, 4.69) is 25.1 Å². The van der Waals surface area contributed by atoms with E-state index in [9.17, 15) is 8.42 Å². The summed E-state index contributed by atoms with van der Waals surface area (Å²) in [4.78, 5) is 12.8. The van der Waals surface area contributed by atoms with Crippen LogP contribution in [0.25, 0.3) is 11.4 Å². The molecule has 0 N–H and O–H groups in total. The van der Waals surface area contributed by atoms with Crippen molar-refractivity contribution < 1.29 is 22.6 Å². The number of hydrogen-bond donors (Lipinski definition) is 0. The molecule has 0 spiro atoms. The molecule has 1 aliphatic heterocycles. The maximum absolute atomic E-state index is 13.7. The third kappa shape index (κ3) is 5.34. The molecule has 0 unspecified atom stereocenters. The standard InChI is InChI=1S/C23H30N6O5S/c1-14(2)34-21(22-25-8-15(3)9-26-22)16(4)35(30,31)13-20-27-28-23-18-6-7-24-10-19(18)33-12-17(11-32-5)29(20)23/h6-10,14,16-17,21H,11-13H2,1-5H3/t16-,17-,21+/m0/s1. The number of sulfone groups is 1. The molecule has 1 aliphatic rings. The van der Waals surface area contributed by atoms with Crippen LogP contribution in [-0.2, 0) is 25.1 Å². The summed E-state index contributed by atoms with van der Waals surface area (Å²) in [5.41, 5.74) is 1.57. The molecule has 3 atom stereocenters. The number of ether oxygens (including phenoxy) is 3. The number of aromatic nitrogens is 6. The molecule has 3 aromatic rings. The van der Waals surface area contributed by atoms with E-state index in [1.54, 1.807) is 49.5 Å². The molecule has 4 heterocycles.